The fourth-order valence-electron chi connectivity index (χ4n) is 3.06. The molecule has 4 nitrogen and oxygen atoms in total. The summed E-state index contributed by atoms with van der Waals surface area (Å²) in [6.07, 6.45) is 13.0. The van der Waals surface area contributed by atoms with E-state index in [-0.39, 0.29) is 5.56 Å². The first-order chi connectivity index (χ1) is 12.9. The maximum atomic E-state index is 10.9. The van der Waals surface area contributed by atoms with Gasteiger partial charge in [0.25, 0.3) is 0 Å². The highest BCUT2D eigenvalue weighted by Gasteiger charge is 2.35. The predicted molar refractivity (Wildman–Crippen MR) is 114 cm³/mol. The highest BCUT2D eigenvalue weighted by Crippen LogP contribution is 2.61. The summed E-state index contributed by atoms with van der Waals surface area (Å²) >= 11 is 0. The van der Waals surface area contributed by atoms with Gasteiger partial charge in [-0.2, -0.15) is 0 Å². The van der Waals surface area contributed by atoms with Gasteiger partial charge in [-0.1, -0.05) is 70.4 Å². The van der Waals surface area contributed by atoms with Crippen molar-refractivity contribution >= 4 is 19.2 Å². The summed E-state index contributed by atoms with van der Waals surface area (Å²) < 4.78 is 0. The van der Waals surface area contributed by atoms with Crippen molar-refractivity contribution in [2.75, 3.05) is 24.6 Å². The van der Waals surface area contributed by atoms with Gasteiger partial charge in [-0.25, -0.2) is 0 Å². The standard InChI is InChI=1S/C15H31O2P.C7H6O2/c1-4-7-11-18(12-8-5-2,13-9-6-3)14-10-15(16)17;8-7(9)6-4-2-1-3-5-6/h4-14H2,1-3H3;1-5H,(H,8,9). The van der Waals surface area contributed by atoms with Crippen LogP contribution >= 0.6 is 7.26 Å². The third kappa shape index (κ3) is 12.6. The van der Waals surface area contributed by atoms with Gasteiger partial charge >= 0.3 is 5.97 Å². The van der Waals surface area contributed by atoms with Gasteiger partial charge in [-0.3, -0.25) is 4.79 Å². The number of carbonyl (C=O) groups excluding carboxylic acids is 1. The first-order valence-corrected chi connectivity index (χ1v) is 12.8. The molecule has 0 amide bonds. The van der Waals surface area contributed by atoms with E-state index in [2.05, 4.69) is 20.8 Å². The molecule has 0 aliphatic carbocycles. The number of hydrogen-bond acceptors (Lipinski definition) is 3. The van der Waals surface area contributed by atoms with Crippen LogP contribution in [0.25, 0.3) is 0 Å². The first kappa shape index (κ1) is 25.6. The topological polar surface area (TPSA) is 77.4 Å². The predicted octanol–water partition coefficient (Wildman–Crippen LogP) is 4.93. The zero-order valence-electron chi connectivity index (χ0n) is 17.3. The van der Waals surface area contributed by atoms with Crippen molar-refractivity contribution in [2.24, 2.45) is 0 Å². The number of carbonyl (C=O) groups is 2. The fourth-order valence-corrected chi connectivity index (χ4v) is 8.03. The second kappa shape index (κ2) is 15.6. The first-order valence-electron chi connectivity index (χ1n) is 10.2. The number of aliphatic carboxylic acids is 1. The summed E-state index contributed by atoms with van der Waals surface area (Å²) in [5, 5.41) is 19.1. The van der Waals surface area contributed by atoms with Crippen LogP contribution in [0.2, 0.25) is 0 Å². The van der Waals surface area contributed by atoms with Crippen LogP contribution < -0.4 is 5.11 Å². The molecule has 0 saturated carbocycles. The highest BCUT2D eigenvalue weighted by molar-refractivity contribution is 7.75. The van der Waals surface area contributed by atoms with Gasteiger partial charge in [0.05, 0.1) is 37.0 Å². The monoisotopic (exact) mass is 396 g/mol. The van der Waals surface area contributed by atoms with Gasteiger partial charge in [-0.15, -0.1) is 0 Å². The Balaban J connectivity index is 0.000000621. The Morgan fingerprint density at radius 1 is 0.852 bits per heavy atom. The van der Waals surface area contributed by atoms with Crippen LogP contribution in [0.3, 0.4) is 0 Å². The molecule has 0 spiro atoms. The summed E-state index contributed by atoms with van der Waals surface area (Å²) in [5.41, 5.74) is 0.220. The maximum Gasteiger partial charge on any atom is 0.307 e. The molecule has 0 bridgehead atoms. The van der Waals surface area contributed by atoms with Crippen molar-refractivity contribution in [3.05, 3.63) is 35.9 Å². The molecule has 0 aliphatic heterocycles. The van der Waals surface area contributed by atoms with E-state index in [1.807, 2.05) is 0 Å². The minimum Gasteiger partial charge on any atom is -0.545 e. The summed E-state index contributed by atoms with van der Waals surface area (Å²) in [6, 6.07) is 8.06. The summed E-state index contributed by atoms with van der Waals surface area (Å²) in [6.45, 7) is 6.72. The number of carboxylic acids is 2. The molecule has 0 aliphatic rings. The lowest BCUT2D eigenvalue weighted by Gasteiger charge is -2.27. The molecular weight excluding hydrogens is 359 g/mol. The van der Waals surface area contributed by atoms with Crippen LogP contribution in [0, 0.1) is 0 Å². The molecule has 0 unspecified atom stereocenters. The number of aromatic carboxylic acids is 1. The smallest absolute Gasteiger partial charge is 0.307 e. The average Bonchev–Trinajstić information content (AvgIpc) is 2.68. The summed E-state index contributed by atoms with van der Waals surface area (Å²) in [4.78, 5) is 21.0. The van der Waals surface area contributed by atoms with Gasteiger partial charge < -0.3 is 15.0 Å². The van der Waals surface area contributed by atoms with E-state index in [0.717, 1.165) is 6.16 Å². The van der Waals surface area contributed by atoms with Crippen molar-refractivity contribution in [3.63, 3.8) is 0 Å². The lowest BCUT2D eigenvalue weighted by molar-refractivity contribution is -0.255. The zero-order chi connectivity index (χ0) is 20.5. The van der Waals surface area contributed by atoms with Crippen LogP contribution in [0.15, 0.2) is 30.3 Å². The summed E-state index contributed by atoms with van der Waals surface area (Å²) in [7, 11) is -0.980. The van der Waals surface area contributed by atoms with Gasteiger partial charge in [0.2, 0.25) is 0 Å². The van der Waals surface area contributed by atoms with E-state index in [1.165, 1.54) is 69.1 Å². The number of rotatable bonds is 13. The molecule has 154 valence electrons. The van der Waals surface area contributed by atoms with Crippen LogP contribution in [0.1, 0.15) is 76.1 Å². The van der Waals surface area contributed by atoms with Gasteiger partial charge in [0.15, 0.2) is 0 Å². The molecule has 1 aromatic carbocycles. The maximum absolute atomic E-state index is 10.9. The number of carboxylic acid groups (broad SMARTS) is 2. The molecule has 27 heavy (non-hydrogen) atoms. The van der Waals surface area contributed by atoms with E-state index in [9.17, 15) is 14.7 Å². The highest BCUT2D eigenvalue weighted by atomic mass is 31.2. The molecule has 0 atom stereocenters. The lowest BCUT2D eigenvalue weighted by Crippen LogP contribution is -2.21. The third-order valence-corrected chi connectivity index (χ3v) is 9.73. The lowest BCUT2D eigenvalue weighted by atomic mass is 10.2. The molecule has 1 aromatic rings. The van der Waals surface area contributed by atoms with Crippen LogP contribution in [0.4, 0.5) is 0 Å². The summed E-state index contributed by atoms with van der Waals surface area (Å²) in [5.74, 6) is -1.74. The van der Waals surface area contributed by atoms with Crippen molar-refractivity contribution < 1.29 is 19.8 Å². The van der Waals surface area contributed by atoms with Gasteiger partial charge in [0.1, 0.15) is 0 Å². The van der Waals surface area contributed by atoms with E-state index < -0.39 is 19.2 Å². The molecule has 1 N–H and O–H groups in total. The fraction of sp³-hybridized carbons (Fsp3) is 0.636. The minimum absolute atomic E-state index is 0.220. The Kier molecular flexibility index (Phi) is 14.8. The molecule has 0 radical (unpaired) electrons. The normalized spacial score (nSPS) is 10.8. The Hall–Kier alpha value is -1.41. The second-order valence-corrected chi connectivity index (χ2v) is 11.6. The quantitative estimate of drug-likeness (QED) is 0.480. The van der Waals surface area contributed by atoms with E-state index in [0.29, 0.717) is 6.42 Å². The number of unbranched alkanes of at least 4 members (excludes halogenated alkanes) is 3. The van der Waals surface area contributed by atoms with Crippen molar-refractivity contribution in [1.29, 1.82) is 0 Å². The van der Waals surface area contributed by atoms with E-state index >= 15 is 0 Å². The molecule has 0 fully saturated rings. The Labute approximate surface area is 165 Å². The van der Waals surface area contributed by atoms with Gasteiger partial charge in [-0.05, 0) is 24.8 Å². The molecule has 0 heterocycles. The average molecular weight is 397 g/mol. The Morgan fingerprint density at radius 2 is 1.30 bits per heavy atom. The number of benzene rings is 1. The minimum atomic E-state index is -1.13. The largest absolute Gasteiger partial charge is 0.545 e. The molecule has 0 saturated heterocycles. The Bertz CT molecular complexity index is 495. The molecule has 0 aromatic heterocycles. The van der Waals surface area contributed by atoms with Crippen molar-refractivity contribution in [3.8, 4) is 0 Å². The van der Waals surface area contributed by atoms with Gasteiger partial charge in [0, 0.05) is 7.26 Å². The molecule has 1 rings (SSSR count). The SMILES string of the molecule is CCCC[P+](CCCC)(CCCC)CCC(=O)O.O=C([O-])c1ccccc1. The van der Waals surface area contributed by atoms with E-state index in [1.54, 1.807) is 18.2 Å². The second-order valence-electron chi connectivity index (χ2n) is 7.09. The van der Waals surface area contributed by atoms with E-state index in [4.69, 9.17) is 5.11 Å². The molecule has 5 heteroatoms. The van der Waals surface area contributed by atoms with Crippen molar-refractivity contribution in [2.45, 2.75) is 65.7 Å². The van der Waals surface area contributed by atoms with Crippen LogP contribution in [0.5, 0.6) is 0 Å². The third-order valence-electron chi connectivity index (χ3n) is 4.77. The van der Waals surface area contributed by atoms with Crippen molar-refractivity contribution in [1.82, 2.24) is 0 Å². The number of hydrogen-bond donors (Lipinski definition) is 1. The van der Waals surface area contributed by atoms with Crippen LogP contribution in [-0.2, 0) is 4.79 Å². The Morgan fingerprint density at radius 3 is 1.59 bits per heavy atom. The molecular formula is C22H37O4P. The van der Waals surface area contributed by atoms with Crippen LogP contribution in [-0.4, -0.2) is 41.7 Å². The zero-order valence-corrected chi connectivity index (χ0v) is 18.2.